The highest BCUT2D eigenvalue weighted by Gasteiger charge is 2.30. The first kappa shape index (κ1) is 21.9. The summed E-state index contributed by atoms with van der Waals surface area (Å²) in [6.45, 7) is 0.155. The van der Waals surface area contributed by atoms with Crippen LogP contribution < -0.4 is 16.6 Å². The van der Waals surface area contributed by atoms with E-state index in [9.17, 15) is 23.2 Å². The molecule has 0 spiro atoms. The van der Waals surface area contributed by atoms with Crippen molar-refractivity contribution in [1.29, 1.82) is 0 Å². The molecule has 3 aromatic rings. The molecule has 1 atom stereocenters. The maximum absolute atomic E-state index is 13.6. The highest BCUT2D eigenvalue weighted by atomic mass is 32.2. The molecule has 4 rings (SSSR count). The fraction of sp³-hybridized carbons (Fsp3) is 0.273. The van der Waals surface area contributed by atoms with E-state index in [4.69, 9.17) is 0 Å². The number of carbonyl (C=O) groups excluding carboxylic acids is 1. The van der Waals surface area contributed by atoms with Gasteiger partial charge in [-0.05, 0) is 41.8 Å². The smallest absolute Gasteiger partial charge is 0.331 e. The van der Waals surface area contributed by atoms with Crippen LogP contribution in [0.4, 0.5) is 8.78 Å². The molecule has 166 valence electrons. The standard InChI is InChI=1S/C22H20F2N4O3S/c1-27-21-16(9-15(12-32-21)19(29)26-10-13-4-6-25-7-5-13)20(30)28(22(27)31)11-14-2-3-17(23)18(24)8-14/h2-8,15H,9-12H2,1H3,(H,26,29). The van der Waals surface area contributed by atoms with Gasteiger partial charge in [0.25, 0.3) is 5.56 Å². The summed E-state index contributed by atoms with van der Waals surface area (Å²) in [5.41, 5.74) is 0.500. The molecule has 1 aliphatic rings. The fourth-order valence-corrected chi connectivity index (χ4v) is 4.86. The van der Waals surface area contributed by atoms with Gasteiger partial charge in [0.2, 0.25) is 5.91 Å². The van der Waals surface area contributed by atoms with Crippen molar-refractivity contribution < 1.29 is 13.6 Å². The number of halogens is 2. The second kappa shape index (κ2) is 9.07. The monoisotopic (exact) mass is 458 g/mol. The highest BCUT2D eigenvalue weighted by molar-refractivity contribution is 7.99. The zero-order valence-electron chi connectivity index (χ0n) is 17.2. The number of amides is 1. The van der Waals surface area contributed by atoms with Crippen molar-refractivity contribution in [2.24, 2.45) is 13.0 Å². The normalized spacial score (nSPS) is 15.3. The lowest BCUT2D eigenvalue weighted by Crippen LogP contribution is -2.45. The molecule has 0 saturated carbocycles. The number of fused-ring (bicyclic) bond motifs is 1. The van der Waals surface area contributed by atoms with Crippen molar-refractivity contribution in [1.82, 2.24) is 19.4 Å². The lowest BCUT2D eigenvalue weighted by atomic mass is 10.0. The minimum Gasteiger partial charge on any atom is -0.352 e. The average molecular weight is 458 g/mol. The Kier molecular flexibility index (Phi) is 6.22. The number of benzene rings is 1. The predicted octanol–water partition coefficient (Wildman–Crippen LogP) is 1.85. The van der Waals surface area contributed by atoms with Gasteiger partial charge in [0.05, 0.1) is 17.5 Å². The van der Waals surface area contributed by atoms with Gasteiger partial charge in [-0.1, -0.05) is 6.07 Å². The number of hydrogen-bond donors (Lipinski definition) is 1. The summed E-state index contributed by atoms with van der Waals surface area (Å²) in [6.07, 6.45) is 3.48. The molecule has 0 aliphatic carbocycles. The third-order valence-electron chi connectivity index (χ3n) is 5.37. The number of nitrogens with zero attached hydrogens (tertiary/aromatic N) is 3. The van der Waals surface area contributed by atoms with Crippen molar-refractivity contribution in [2.75, 3.05) is 5.75 Å². The average Bonchev–Trinajstić information content (AvgIpc) is 2.81. The first-order chi connectivity index (χ1) is 15.3. The van der Waals surface area contributed by atoms with Crippen LogP contribution in [0.1, 0.15) is 16.7 Å². The molecule has 32 heavy (non-hydrogen) atoms. The first-order valence-electron chi connectivity index (χ1n) is 9.91. The van der Waals surface area contributed by atoms with E-state index < -0.39 is 28.8 Å². The molecule has 0 fully saturated rings. The van der Waals surface area contributed by atoms with Crippen LogP contribution in [0, 0.1) is 17.6 Å². The summed E-state index contributed by atoms with van der Waals surface area (Å²) in [7, 11) is 1.55. The summed E-state index contributed by atoms with van der Waals surface area (Å²) < 4.78 is 29.2. The van der Waals surface area contributed by atoms with Crippen LogP contribution in [0.5, 0.6) is 0 Å². The molecular weight excluding hydrogens is 438 g/mol. The zero-order chi connectivity index (χ0) is 22.8. The number of hydrogen-bond acceptors (Lipinski definition) is 5. The van der Waals surface area contributed by atoms with Gasteiger partial charge in [-0.3, -0.25) is 23.7 Å². The van der Waals surface area contributed by atoms with E-state index >= 15 is 0 Å². The molecule has 10 heteroatoms. The van der Waals surface area contributed by atoms with E-state index in [1.165, 1.54) is 22.4 Å². The van der Waals surface area contributed by atoms with Gasteiger partial charge in [-0.25, -0.2) is 13.6 Å². The third kappa shape index (κ3) is 4.36. The van der Waals surface area contributed by atoms with Gasteiger partial charge in [0.1, 0.15) is 0 Å². The molecule has 3 heterocycles. The van der Waals surface area contributed by atoms with E-state index in [0.29, 0.717) is 22.9 Å². The molecule has 1 N–H and O–H groups in total. The Balaban J connectivity index is 1.58. The molecular formula is C22H20F2N4O3S. The van der Waals surface area contributed by atoms with Gasteiger partial charge in [-0.15, -0.1) is 11.8 Å². The first-order valence-corrected chi connectivity index (χ1v) is 10.9. The van der Waals surface area contributed by atoms with Crippen molar-refractivity contribution in [3.8, 4) is 0 Å². The van der Waals surface area contributed by atoms with Crippen LogP contribution in [0.2, 0.25) is 0 Å². The zero-order valence-corrected chi connectivity index (χ0v) is 18.0. The lowest BCUT2D eigenvalue weighted by molar-refractivity contribution is -0.124. The molecule has 2 aromatic heterocycles. The van der Waals surface area contributed by atoms with Crippen LogP contribution in [-0.2, 0) is 31.4 Å². The van der Waals surface area contributed by atoms with Crippen molar-refractivity contribution >= 4 is 17.7 Å². The summed E-state index contributed by atoms with van der Waals surface area (Å²) in [5, 5.41) is 3.40. The number of rotatable bonds is 5. The van der Waals surface area contributed by atoms with Crippen molar-refractivity contribution in [3.05, 3.63) is 91.9 Å². The Morgan fingerprint density at radius 1 is 1.16 bits per heavy atom. The summed E-state index contributed by atoms with van der Waals surface area (Å²) in [6, 6.07) is 6.85. The van der Waals surface area contributed by atoms with E-state index in [1.54, 1.807) is 31.6 Å². The quantitative estimate of drug-likeness (QED) is 0.590. The van der Waals surface area contributed by atoms with Crippen molar-refractivity contribution in [3.63, 3.8) is 0 Å². The summed E-state index contributed by atoms with van der Waals surface area (Å²) in [4.78, 5) is 42.5. The van der Waals surface area contributed by atoms with Gasteiger partial charge in [0, 0.05) is 37.3 Å². The predicted molar refractivity (Wildman–Crippen MR) is 115 cm³/mol. The van der Waals surface area contributed by atoms with E-state index in [0.717, 1.165) is 22.3 Å². The topological polar surface area (TPSA) is 86.0 Å². The van der Waals surface area contributed by atoms with E-state index in [1.807, 2.05) is 0 Å². The molecule has 1 aromatic carbocycles. The Bertz CT molecular complexity index is 1290. The number of thioether (sulfide) groups is 1. The highest BCUT2D eigenvalue weighted by Crippen LogP contribution is 2.30. The number of nitrogens with one attached hydrogen (secondary N) is 1. The van der Waals surface area contributed by atoms with Gasteiger partial charge in [-0.2, -0.15) is 0 Å². The Morgan fingerprint density at radius 2 is 1.91 bits per heavy atom. The van der Waals surface area contributed by atoms with Crippen LogP contribution in [0.3, 0.4) is 0 Å². The van der Waals surface area contributed by atoms with Crippen molar-refractivity contribution in [2.45, 2.75) is 24.5 Å². The van der Waals surface area contributed by atoms with Crippen LogP contribution in [0.15, 0.2) is 57.3 Å². The van der Waals surface area contributed by atoms with Crippen LogP contribution in [0.25, 0.3) is 0 Å². The molecule has 1 amide bonds. The molecule has 0 saturated heterocycles. The molecule has 1 aliphatic heterocycles. The van der Waals surface area contributed by atoms with E-state index in [2.05, 4.69) is 10.3 Å². The molecule has 1 unspecified atom stereocenters. The lowest BCUT2D eigenvalue weighted by Gasteiger charge is -2.25. The molecule has 0 bridgehead atoms. The van der Waals surface area contributed by atoms with Crippen LogP contribution >= 0.6 is 11.8 Å². The maximum atomic E-state index is 13.6. The van der Waals surface area contributed by atoms with Crippen LogP contribution in [-0.4, -0.2) is 25.8 Å². The number of pyridine rings is 1. The Morgan fingerprint density at radius 3 is 2.62 bits per heavy atom. The molecule has 7 nitrogen and oxygen atoms in total. The fourth-order valence-electron chi connectivity index (χ4n) is 3.62. The minimum atomic E-state index is -1.05. The maximum Gasteiger partial charge on any atom is 0.331 e. The second-order valence-corrected chi connectivity index (χ2v) is 8.56. The van der Waals surface area contributed by atoms with Gasteiger partial charge < -0.3 is 5.32 Å². The minimum absolute atomic E-state index is 0.180. The second-order valence-electron chi connectivity index (χ2n) is 7.55. The van der Waals surface area contributed by atoms with Gasteiger partial charge >= 0.3 is 5.69 Å². The Labute approximate surface area is 186 Å². The SMILES string of the molecule is Cn1c2c(c(=O)n(Cc3ccc(F)c(F)c3)c1=O)CC(C(=O)NCc1ccncc1)CS2. The number of aromatic nitrogens is 3. The molecule has 0 radical (unpaired) electrons. The third-order valence-corrected chi connectivity index (χ3v) is 6.73. The van der Waals surface area contributed by atoms with E-state index in [-0.39, 0.29) is 24.4 Å². The Hall–Kier alpha value is -3.27. The summed E-state index contributed by atoms with van der Waals surface area (Å²) in [5.74, 6) is -2.23. The number of carbonyl (C=O) groups is 1. The largest absolute Gasteiger partial charge is 0.352 e. The summed E-state index contributed by atoms with van der Waals surface area (Å²) >= 11 is 1.29. The van der Waals surface area contributed by atoms with Gasteiger partial charge in [0.15, 0.2) is 11.6 Å².